The van der Waals surface area contributed by atoms with E-state index < -0.39 is 10.0 Å². The van der Waals surface area contributed by atoms with Crippen molar-refractivity contribution in [1.29, 1.82) is 0 Å². The summed E-state index contributed by atoms with van der Waals surface area (Å²) in [5.74, 6) is -0.299. The molecular formula is C16H26N2O5S. The minimum atomic E-state index is -3.70. The van der Waals surface area contributed by atoms with Crippen LogP contribution in [0.1, 0.15) is 43.7 Å². The number of rotatable bonds is 7. The van der Waals surface area contributed by atoms with Crippen molar-refractivity contribution in [3.63, 3.8) is 0 Å². The SMILES string of the molecule is CCC1(CC)C(OC)CC1N(C)C(=O)c1ccc(S(=O)(=O)NC)o1. The van der Waals surface area contributed by atoms with E-state index in [1.165, 1.54) is 19.2 Å². The first-order chi connectivity index (χ1) is 11.3. The average molecular weight is 358 g/mol. The Balaban J connectivity index is 2.22. The lowest BCUT2D eigenvalue weighted by Gasteiger charge is -2.57. The Labute approximate surface area is 143 Å². The van der Waals surface area contributed by atoms with E-state index in [2.05, 4.69) is 18.6 Å². The highest BCUT2D eigenvalue weighted by atomic mass is 32.2. The maximum absolute atomic E-state index is 12.7. The molecule has 1 aliphatic carbocycles. The van der Waals surface area contributed by atoms with E-state index in [1.807, 2.05) is 0 Å². The molecule has 2 rings (SSSR count). The van der Waals surface area contributed by atoms with Gasteiger partial charge in [-0.2, -0.15) is 0 Å². The third kappa shape index (κ3) is 2.87. The lowest BCUT2D eigenvalue weighted by atomic mass is 9.58. The molecule has 0 spiro atoms. The minimum Gasteiger partial charge on any atom is -0.438 e. The highest BCUT2D eigenvalue weighted by molar-refractivity contribution is 7.89. The smallest absolute Gasteiger partial charge is 0.289 e. The summed E-state index contributed by atoms with van der Waals surface area (Å²) in [5, 5.41) is -0.262. The monoisotopic (exact) mass is 358 g/mol. The zero-order valence-corrected chi connectivity index (χ0v) is 15.6. The van der Waals surface area contributed by atoms with Crippen LogP contribution in [0.4, 0.5) is 0 Å². The van der Waals surface area contributed by atoms with Crippen molar-refractivity contribution in [1.82, 2.24) is 9.62 Å². The van der Waals surface area contributed by atoms with Gasteiger partial charge in [-0.1, -0.05) is 13.8 Å². The number of carbonyl (C=O) groups is 1. The molecular weight excluding hydrogens is 332 g/mol. The summed E-state index contributed by atoms with van der Waals surface area (Å²) in [5.41, 5.74) is -0.0777. The summed E-state index contributed by atoms with van der Waals surface area (Å²) in [6.45, 7) is 4.20. The highest BCUT2D eigenvalue weighted by Crippen LogP contribution is 2.51. The zero-order chi connectivity index (χ0) is 18.1. The zero-order valence-electron chi connectivity index (χ0n) is 14.8. The number of nitrogens with one attached hydrogen (secondary N) is 1. The molecule has 2 unspecified atom stereocenters. The van der Waals surface area contributed by atoms with E-state index >= 15 is 0 Å². The second-order valence-corrected chi connectivity index (χ2v) is 7.98. The largest absolute Gasteiger partial charge is 0.438 e. The molecule has 1 aliphatic rings. The molecule has 7 nitrogen and oxygen atoms in total. The Hall–Kier alpha value is -1.38. The van der Waals surface area contributed by atoms with Crippen molar-refractivity contribution < 1.29 is 22.4 Å². The van der Waals surface area contributed by atoms with Gasteiger partial charge < -0.3 is 14.1 Å². The van der Waals surface area contributed by atoms with Crippen LogP contribution < -0.4 is 4.72 Å². The summed E-state index contributed by atoms with van der Waals surface area (Å²) >= 11 is 0. The Kier molecular flexibility index (Phi) is 5.41. The highest BCUT2D eigenvalue weighted by Gasteiger charge is 2.55. The van der Waals surface area contributed by atoms with Crippen LogP contribution in [0.25, 0.3) is 0 Å². The van der Waals surface area contributed by atoms with Gasteiger partial charge in [0.1, 0.15) is 0 Å². The van der Waals surface area contributed by atoms with Gasteiger partial charge >= 0.3 is 0 Å². The van der Waals surface area contributed by atoms with E-state index in [-0.39, 0.29) is 34.3 Å². The molecule has 2 atom stereocenters. The Bertz CT molecular complexity index is 693. The molecule has 1 aromatic heterocycles. The van der Waals surface area contributed by atoms with E-state index in [0.29, 0.717) is 0 Å². The van der Waals surface area contributed by atoms with Gasteiger partial charge in [0.25, 0.3) is 15.9 Å². The fourth-order valence-electron chi connectivity index (χ4n) is 3.77. The summed E-state index contributed by atoms with van der Waals surface area (Å²) < 4.78 is 36.5. The minimum absolute atomic E-state index is 0.0216. The van der Waals surface area contributed by atoms with Gasteiger partial charge in [-0.3, -0.25) is 4.79 Å². The van der Waals surface area contributed by atoms with E-state index in [0.717, 1.165) is 19.3 Å². The molecule has 0 bridgehead atoms. The fraction of sp³-hybridized carbons (Fsp3) is 0.688. The molecule has 1 heterocycles. The predicted octanol–water partition coefficient (Wildman–Crippen LogP) is 1.85. The lowest BCUT2D eigenvalue weighted by Crippen LogP contribution is -2.64. The number of methoxy groups -OCH3 is 1. The van der Waals surface area contributed by atoms with Gasteiger partial charge in [0.2, 0.25) is 5.09 Å². The molecule has 1 fully saturated rings. The molecule has 24 heavy (non-hydrogen) atoms. The molecule has 0 aromatic carbocycles. The maximum Gasteiger partial charge on any atom is 0.289 e. The number of carbonyl (C=O) groups excluding carboxylic acids is 1. The van der Waals surface area contributed by atoms with Crippen LogP contribution >= 0.6 is 0 Å². The number of amides is 1. The van der Waals surface area contributed by atoms with Gasteiger partial charge in [0.15, 0.2) is 5.76 Å². The van der Waals surface area contributed by atoms with Gasteiger partial charge in [0.05, 0.1) is 6.10 Å². The topological polar surface area (TPSA) is 88.8 Å². The van der Waals surface area contributed by atoms with Crippen molar-refractivity contribution in [3.8, 4) is 0 Å². The lowest BCUT2D eigenvalue weighted by molar-refractivity contribution is -0.147. The average Bonchev–Trinajstić information content (AvgIpc) is 3.05. The fourth-order valence-corrected chi connectivity index (χ4v) is 4.42. The first kappa shape index (κ1) is 19.0. The van der Waals surface area contributed by atoms with Crippen LogP contribution in [-0.2, 0) is 14.8 Å². The first-order valence-electron chi connectivity index (χ1n) is 8.10. The van der Waals surface area contributed by atoms with Crippen LogP contribution in [0.2, 0.25) is 0 Å². The molecule has 1 amide bonds. The summed E-state index contributed by atoms with van der Waals surface area (Å²) in [6, 6.07) is 2.73. The van der Waals surface area contributed by atoms with Crippen molar-refractivity contribution in [2.24, 2.45) is 5.41 Å². The number of hydrogen-bond donors (Lipinski definition) is 1. The molecule has 0 aliphatic heterocycles. The molecule has 0 radical (unpaired) electrons. The maximum atomic E-state index is 12.7. The third-order valence-corrected chi connectivity index (χ3v) is 6.74. The molecule has 1 N–H and O–H groups in total. The Morgan fingerprint density at radius 1 is 1.42 bits per heavy atom. The van der Waals surface area contributed by atoms with Crippen molar-refractivity contribution in [3.05, 3.63) is 17.9 Å². The van der Waals surface area contributed by atoms with Gasteiger partial charge in [-0.25, -0.2) is 13.1 Å². The van der Waals surface area contributed by atoms with Crippen LogP contribution in [0, 0.1) is 5.41 Å². The number of hydrogen-bond acceptors (Lipinski definition) is 5. The van der Waals surface area contributed by atoms with Gasteiger partial charge in [-0.05, 0) is 38.4 Å². The normalized spacial score (nSPS) is 22.9. The van der Waals surface area contributed by atoms with Crippen LogP contribution in [-0.4, -0.2) is 52.6 Å². The van der Waals surface area contributed by atoms with E-state index in [4.69, 9.17) is 9.15 Å². The van der Waals surface area contributed by atoms with E-state index in [9.17, 15) is 13.2 Å². The second kappa shape index (κ2) is 6.85. The van der Waals surface area contributed by atoms with E-state index in [1.54, 1.807) is 19.1 Å². The molecule has 0 saturated heterocycles. The van der Waals surface area contributed by atoms with Crippen LogP contribution in [0.15, 0.2) is 21.6 Å². The molecule has 1 saturated carbocycles. The number of sulfonamides is 1. The summed E-state index contributed by atoms with van der Waals surface area (Å²) in [7, 11) is 1.02. The first-order valence-corrected chi connectivity index (χ1v) is 9.59. The number of furan rings is 1. The van der Waals surface area contributed by atoms with Crippen LogP contribution in [0.5, 0.6) is 0 Å². The van der Waals surface area contributed by atoms with Gasteiger partial charge in [0, 0.05) is 25.6 Å². The molecule has 136 valence electrons. The van der Waals surface area contributed by atoms with Crippen LogP contribution in [0.3, 0.4) is 0 Å². The summed E-state index contributed by atoms with van der Waals surface area (Å²) in [6.07, 6.45) is 2.71. The van der Waals surface area contributed by atoms with Crippen molar-refractivity contribution in [2.75, 3.05) is 21.2 Å². The summed E-state index contributed by atoms with van der Waals surface area (Å²) in [4.78, 5) is 14.3. The quantitative estimate of drug-likeness (QED) is 0.803. The molecule has 8 heteroatoms. The Morgan fingerprint density at radius 3 is 2.54 bits per heavy atom. The predicted molar refractivity (Wildman–Crippen MR) is 89.3 cm³/mol. The second-order valence-electron chi connectivity index (χ2n) is 6.16. The Morgan fingerprint density at radius 2 is 2.04 bits per heavy atom. The molecule has 1 aromatic rings. The standard InChI is InChI=1S/C16H26N2O5S/c1-6-16(7-2)12(10-13(16)22-5)18(4)15(19)11-8-9-14(23-11)24(20,21)17-3/h8-9,12-13,17H,6-7,10H2,1-5H3. The van der Waals surface area contributed by atoms with Crippen molar-refractivity contribution >= 4 is 15.9 Å². The third-order valence-electron chi connectivity index (χ3n) is 5.46. The number of nitrogens with zero attached hydrogens (tertiary/aromatic N) is 1. The van der Waals surface area contributed by atoms with Crippen molar-refractivity contribution in [2.45, 2.75) is 50.3 Å². The van der Waals surface area contributed by atoms with Gasteiger partial charge in [-0.15, -0.1) is 0 Å². The number of ether oxygens (including phenoxy) is 1.